The average Bonchev–Trinajstić information content (AvgIpc) is 3.07. The van der Waals surface area contributed by atoms with E-state index >= 15 is 0 Å². The molecule has 3 rings (SSSR count). The second-order valence-electron chi connectivity index (χ2n) is 4.67. The minimum absolute atomic E-state index is 0.1000. The zero-order valence-electron chi connectivity index (χ0n) is 11.0. The Bertz CT molecular complexity index is 640. The van der Waals surface area contributed by atoms with Gasteiger partial charge in [0.15, 0.2) is 0 Å². The highest BCUT2D eigenvalue weighted by atomic mass is 16.5. The van der Waals surface area contributed by atoms with Crippen molar-refractivity contribution in [2.24, 2.45) is 5.73 Å². The number of carbonyl (C=O) groups excluding carboxylic acids is 1. The Hall–Kier alpha value is -2.51. The summed E-state index contributed by atoms with van der Waals surface area (Å²) in [6.07, 6.45) is 3.53. The van der Waals surface area contributed by atoms with E-state index in [1.54, 1.807) is 6.20 Å². The smallest absolute Gasteiger partial charge is 0.290 e. The van der Waals surface area contributed by atoms with Crippen molar-refractivity contribution in [3.05, 3.63) is 29.7 Å². The van der Waals surface area contributed by atoms with Crippen LogP contribution in [0.5, 0.6) is 0 Å². The maximum atomic E-state index is 11.0. The normalized spacial score (nSPS) is 18.4. The van der Waals surface area contributed by atoms with Crippen molar-refractivity contribution in [3.8, 4) is 0 Å². The fraction of sp³-hybridized carbons (Fsp3) is 0.417. The fourth-order valence-corrected chi connectivity index (χ4v) is 2.31. The van der Waals surface area contributed by atoms with E-state index in [9.17, 15) is 4.79 Å². The van der Waals surface area contributed by atoms with E-state index in [-0.39, 0.29) is 11.9 Å². The first-order valence-corrected chi connectivity index (χ1v) is 6.35. The van der Waals surface area contributed by atoms with Crippen LogP contribution in [0.15, 0.2) is 16.8 Å². The molecule has 20 heavy (non-hydrogen) atoms. The molecule has 1 amide bonds. The van der Waals surface area contributed by atoms with Gasteiger partial charge in [0.2, 0.25) is 11.8 Å². The lowest BCUT2D eigenvalue weighted by Gasteiger charge is -2.21. The van der Waals surface area contributed by atoms with Crippen molar-refractivity contribution in [2.75, 3.05) is 11.4 Å². The number of aromatic nitrogens is 4. The molecule has 2 N–H and O–H groups in total. The third-order valence-electron chi connectivity index (χ3n) is 3.24. The molecule has 8 heteroatoms. The van der Waals surface area contributed by atoms with Gasteiger partial charge in [0, 0.05) is 18.4 Å². The molecule has 104 valence electrons. The third-order valence-corrected chi connectivity index (χ3v) is 3.24. The van der Waals surface area contributed by atoms with E-state index in [0.29, 0.717) is 11.8 Å². The summed E-state index contributed by atoms with van der Waals surface area (Å²) in [7, 11) is 0. The zero-order chi connectivity index (χ0) is 14.1. The van der Waals surface area contributed by atoms with Crippen molar-refractivity contribution in [1.82, 2.24) is 20.1 Å². The topological polar surface area (TPSA) is 111 Å². The number of amides is 1. The molecular weight excluding hydrogens is 260 g/mol. The Morgan fingerprint density at radius 2 is 2.35 bits per heavy atom. The van der Waals surface area contributed by atoms with Crippen LogP contribution in [0, 0.1) is 6.92 Å². The van der Waals surface area contributed by atoms with Gasteiger partial charge in [-0.1, -0.05) is 5.16 Å². The second kappa shape index (κ2) is 4.87. The van der Waals surface area contributed by atoms with Crippen LogP contribution in [0.4, 0.5) is 5.95 Å². The maximum Gasteiger partial charge on any atom is 0.290 e. The van der Waals surface area contributed by atoms with Crippen molar-refractivity contribution in [2.45, 2.75) is 25.8 Å². The molecule has 8 nitrogen and oxygen atoms in total. The van der Waals surface area contributed by atoms with Crippen molar-refractivity contribution in [3.63, 3.8) is 0 Å². The highest BCUT2D eigenvalue weighted by molar-refractivity contribution is 5.88. The minimum Gasteiger partial charge on any atom is -0.363 e. The molecule has 0 aromatic carbocycles. The molecule has 1 aliphatic heterocycles. The van der Waals surface area contributed by atoms with E-state index < -0.39 is 5.91 Å². The van der Waals surface area contributed by atoms with Crippen LogP contribution < -0.4 is 10.6 Å². The maximum absolute atomic E-state index is 11.0. The Kier molecular flexibility index (Phi) is 3.05. The summed E-state index contributed by atoms with van der Waals surface area (Å²) < 4.78 is 5.13. The molecule has 1 aliphatic rings. The molecular formula is C12H14N6O2. The molecule has 0 aliphatic carbocycles. The summed E-state index contributed by atoms with van der Waals surface area (Å²) in [5.41, 5.74) is 6.02. The van der Waals surface area contributed by atoms with Crippen LogP contribution in [0.1, 0.15) is 41.1 Å². The van der Waals surface area contributed by atoms with Crippen LogP contribution in [-0.4, -0.2) is 32.6 Å². The van der Waals surface area contributed by atoms with Crippen LogP contribution in [0.25, 0.3) is 0 Å². The fourth-order valence-electron chi connectivity index (χ4n) is 2.31. The van der Waals surface area contributed by atoms with E-state index in [2.05, 4.69) is 20.1 Å². The lowest BCUT2D eigenvalue weighted by molar-refractivity contribution is 0.0987. The van der Waals surface area contributed by atoms with Crippen LogP contribution in [0.2, 0.25) is 0 Å². The Morgan fingerprint density at radius 3 is 3.05 bits per heavy atom. The number of aryl methyl sites for hydroxylation is 1. The third kappa shape index (κ3) is 2.20. The predicted octanol–water partition coefficient (Wildman–Crippen LogP) is 0.608. The monoisotopic (exact) mass is 274 g/mol. The van der Waals surface area contributed by atoms with Gasteiger partial charge in [-0.3, -0.25) is 4.79 Å². The summed E-state index contributed by atoms with van der Waals surface area (Å²) in [6, 6.07) is 1.73. The predicted molar refractivity (Wildman–Crippen MR) is 68.9 cm³/mol. The van der Waals surface area contributed by atoms with Crippen molar-refractivity contribution in [1.29, 1.82) is 0 Å². The highest BCUT2D eigenvalue weighted by Crippen LogP contribution is 2.33. The zero-order valence-corrected chi connectivity index (χ0v) is 11.0. The molecule has 0 radical (unpaired) electrons. The van der Waals surface area contributed by atoms with Crippen LogP contribution >= 0.6 is 0 Å². The van der Waals surface area contributed by atoms with Gasteiger partial charge in [0.1, 0.15) is 6.04 Å². The molecule has 2 aromatic heterocycles. The minimum atomic E-state index is -0.698. The molecule has 1 fully saturated rings. The Morgan fingerprint density at radius 1 is 1.50 bits per heavy atom. The summed E-state index contributed by atoms with van der Waals surface area (Å²) in [6.45, 7) is 2.72. The summed E-state index contributed by atoms with van der Waals surface area (Å²) >= 11 is 0. The second-order valence-corrected chi connectivity index (χ2v) is 4.67. The van der Waals surface area contributed by atoms with E-state index in [1.165, 1.54) is 0 Å². The number of nitrogens with two attached hydrogens (primary N) is 1. The molecule has 0 unspecified atom stereocenters. The van der Waals surface area contributed by atoms with Gasteiger partial charge in [-0.15, -0.1) is 0 Å². The molecule has 1 saturated heterocycles. The number of carbonyl (C=O) groups is 1. The van der Waals surface area contributed by atoms with Crippen LogP contribution in [-0.2, 0) is 0 Å². The Labute approximate surface area is 115 Å². The van der Waals surface area contributed by atoms with Gasteiger partial charge in [0.05, 0.1) is 0 Å². The molecule has 2 aromatic rings. The molecule has 3 heterocycles. The molecule has 0 saturated carbocycles. The van der Waals surface area contributed by atoms with E-state index in [4.69, 9.17) is 10.3 Å². The number of anilines is 1. The largest absolute Gasteiger partial charge is 0.363 e. The Balaban J connectivity index is 1.90. The number of nitrogens with zero attached hydrogens (tertiary/aromatic N) is 5. The first-order chi connectivity index (χ1) is 9.65. The summed E-state index contributed by atoms with van der Waals surface area (Å²) in [5.74, 6) is 0.209. The molecule has 0 bridgehead atoms. The first-order valence-electron chi connectivity index (χ1n) is 6.35. The SMILES string of the molecule is Cc1ccnc(N2CCC[C@@H]2c2nc(C(N)=O)no2)n1. The average molecular weight is 274 g/mol. The van der Waals surface area contributed by atoms with Gasteiger partial charge in [-0.25, -0.2) is 9.97 Å². The number of hydrogen-bond donors (Lipinski definition) is 1. The molecule has 0 spiro atoms. The van der Waals surface area contributed by atoms with E-state index in [1.807, 2.05) is 17.9 Å². The highest BCUT2D eigenvalue weighted by Gasteiger charge is 2.32. The molecule has 1 atom stereocenters. The van der Waals surface area contributed by atoms with Crippen molar-refractivity contribution < 1.29 is 9.32 Å². The quantitative estimate of drug-likeness (QED) is 0.872. The number of rotatable bonds is 3. The standard InChI is InChI=1S/C12H14N6O2/c1-7-4-5-14-12(15-7)18-6-2-3-8(18)11-16-10(9(13)19)17-20-11/h4-5,8H,2-3,6H2,1H3,(H2,13,19)/t8-/m1/s1. The van der Waals surface area contributed by atoms with Gasteiger partial charge in [0.25, 0.3) is 11.7 Å². The number of primary amides is 1. The van der Waals surface area contributed by atoms with Gasteiger partial charge >= 0.3 is 0 Å². The number of hydrogen-bond acceptors (Lipinski definition) is 7. The van der Waals surface area contributed by atoms with Gasteiger partial charge < -0.3 is 15.2 Å². The van der Waals surface area contributed by atoms with Gasteiger partial charge in [-0.05, 0) is 25.8 Å². The van der Waals surface area contributed by atoms with Gasteiger partial charge in [-0.2, -0.15) is 4.98 Å². The van der Waals surface area contributed by atoms with Crippen molar-refractivity contribution >= 4 is 11.9 Å². The van der Waals surface area contributed by atoms with E-state index in [0.717, 1.165) is 25.1 Å². The lowest BCUT2D eigenvalue weighted by Crippen LogP contribution is -2.25. The first kappa shape index (κ1) is 12.5. The lowest BCUT2D eigenvalue weighted by atomic mass is 10.2. The summed E-state index contributed by atoms with van der Waals surface area (Å²) in [4.78, 5) is 25.7. The summed E-state index contributed by atoms with van der Waals surface area (Å²) in [5, 5.41) is 3.58. The van der Waals surface area contributed by atoms with Crippen LogP contribution in [0.3, 0.4) is 0 Å².